The Balaban J connectivity index is 1.37. The van der Waals surface area contributed by atoms with Crippen LogP contribution in [-0.4, -0.2) is 42.9 Å². The Labute approximate surface area is 164 Å². The van der Waals surface area contributed by atoms with Gasteiger partial charge in [0.15, 0.2) is 0 Å². The summed E-state index contributed by atoms with van der Waals surface area (Å²) in [6.07, 6.45) is 0. The summed E-state index contributed by atoms with van der Waals surface area (Å²) in [6, 6.07) is 21.9. The molecule has 3 aromatic rings. The maximum atomic E-state index is 12.6. The van der Waals surface area contributed by atoms with Gasteiger partial charge in [-0.2, -0.15) is 0 Å². The van der Waals surface area contributed by atoms with Crippen molar-refractivity contribution < 1.29 is 9.59 Å². The Morgan fingerprint density at radius 2 is 1.57 bits per heavy atom. The summed E-state index contributed by atoms with van der Waals surface area (Å²) in [5.74, 6) is -1.06. The molecule has 0 unspecified atom stereocenters. The van der Waals surface area contributed by atoms with Crippen LogP contribution in [0.4, 0.5) is 11.4 Å². The largest absolute Gasteiger partial charge is 0.368 e. The van der Waals surface area contributed by atoms with Crippen molar-refractivity contribution in [3.63, 3.8) is 0 Å². The fourth-order valence-electron chi connectivity index (χ4n) is 3.59. The molecule has 0 bridgehead atoms. The Hall–Kier alpha value is -3.34. The number of aryl methyl sites for hydroxylation is 1. The molecule has 1 N–H and O–H groups in total. The third kappa shape index (κ3) is 3.83. The highest BCUT2D eigenvalue weighted by Crippen LogP contribution is 2.20. The lowest BCUT2D eigenvalue weighted by molar-refractivity contribution is -0.143. The number of hydrogen-bond acceptors (Lipinski definition) is 3. The lowest BCUT2D eigenvalue weighted by Crippen LogP contribution is -2.51. The number of fused-ring (bicyclic) bond motifs is 1. The second-order valence-electron chi connectivity index (χ2n) is 7.13. The van der Waals surface area contributed by atoms with E-state index in [1.165, 1.54) is 5.56 Å². The molecule has 28 heavy (non-hydrogen) atoms. The van der Waals surface area contributed by atoms with Crippen LogP contribution < -0.4 is 10.2 Å². The first kappa shape index (κ1) is 18.0. The quantitative estimate of drug-likeness (QED) is 0.700. The summed E-state index contributed by atoms with van der Waals surface area (Å²) in [6.45, 7) is 4.59. The van der Waals surface area contributed by atoms with E-state index in [0.717, 1.165) is 29.5 Å². The molecule has 0 radical (unpaired) electrons. The second-order valence-corrected chi connectivity index (χ2v) is 7.13. The number of hydrogen-bond donors (Lipinski definition) is 1. The maximum Gasteiger partial charge on any atom is 0.313 e. The maximum absolute atomic E-state index is 12.6. The molecule has 1 heterocycles. The molecule has 4 rings (SSSR count). The van der Waals surface area contributed by atoms with E-state index in [1.807, 2.05) is 48.5 Å². The van der Waals surface area contributed by atoms with Crippen LogP contribution in [0.5, 0.6) is 0 Å². The summed E-state index contributed by atoms with van der Waals surface area (Å²) in [4.78, 5) is 28.9. The van der Waals surface area contributed by atoms with Gasteiger partial charge in [0.25, 0.3) is 0 Å². The van der Waals surface area contributed by atoms with Crippen molar-refractivity contribution in [2.45, 2.75) is 6.92 Å². The Morgan fingerprint density at radius 3 is 2.32 bits per heavy atom. The fourth-order valence-corrected chi connectivity index (χ4v) is 3.59. The summed E-state index contributed by atoms with van der Waals surface area (Å²) in [5, 5.41) is 4.86. The second kappa shape index (κ2) is 7.72. The zero-order chi connectivity index (χ0) is 19.5. The molecule has 1 fully saturated rings. The van der Waals surface area contributed by atoms with Crippen LogP contribution in [-0.2, 0) is 9.59 Å². The molecular weight excluding hydrogens is 350 g/mol. The van der Waals surface area contributed by atoms with E-state index in [4.69, 9.17) is 0 Å². The van der Waals surface area contributed by atoms with Crippen LogP contribution in [0.2, 0.25) is 0 Å². The van der Waals surface area contributed by atoms with Gasteiger partial charge in [-0.15, -0.1) is 0 Å². The molecule has 0 spiro atoms. The number of rotatable bonds is 2. The number of carbonyl (C=O) groups is 2. The fraction of sp³-hybridized carbons (Fsp3) is 0.217. The molecule has 0 aliphatic carbocycles. The number of nitrogens with one attached hydrogen (secondary N) is 1. The van der Waals surface area contributed by atoms with Gasteiger partial charge in [0.2, 0.25) is 0 Å². The zero-order valence-corrected chi connectivity index (χ0v) is 15.9. The minimum absolute atomic E-state index is 0.475. The number of anilines is 2. The minimum Gasteiger partial charge on any atom is -0.368 e. The predicted octanol–water partition coefficient (Wildman–Crippen LogP) is 3.44. The van der Waals surface area contributed by atoms with Crippen LogP contribution >= 0.6 is 0 Å². The summed E-state index contributed by atoms with van der Waals surface area (Å²) >= 11 is 0. The Bertz CT molecular complexity index is 1020. The van der Waals surface area contributed by atoms with Gasteiger partial charge >= 0.3 is 11.8 Å². The zero-order valence-electron chi connectivity index (χ0n) is 15.9. The van der Waals surface area contributed by atoms with Crippen LogP contribution in [0.25, 0.3) is 10.8 Å². The molecule has 0 saturated carbocycles. The third-order valence-electron chi connectivity index (χ3n) is 5.14. The van der Waals surface area contributed by atoms with Gasteiger partial charge in [-0.1, -0.05) is 42.5 Å². The van der Waals surface area contributed by atoms with Crippen molar-refractivity contribution in [2.24, 2.45) is 0 Å². The van der Waals surface area contributed by atoms with Crippen molar-refractivity contribution >= 4 is 34.0 Å². The van der Waals surface area contributed by atoms with E-state index >= 15 is 0 Å². The Kier molecular flexibility index (Phi) is 4.98. The highest BCUT2D eigenvalue weighted by atomic mass is 16.2. The van der Waals surface area contributed by atoms with E-state index in [0.29, 0.717) is 18.8 Å². The third-order valence-corrected chi connectivity index (χ3v) is 5.14. The topological polar surface area (TPSA) is 52.7 Å². The van der Waals surface area contributed by atoms with Crippen molar-refractivity contribution in [2.75, 3.05) is 36.4 Å². The number of nitrogens with zero attached hydrogens (tertiary/aromatic N) is 2. The number of amides is 2. The summed E-state index contributed by atoms with van der Waals surface area (Å²) in [7, 11) is 0. The molecule has 1 aliphatic heterocycles. The van der Waals surface area contributed by atoms with E-state index in [-0.39, 0.29) is 0 Å². The first-order chi connectivity index (χ1) is 13.6. The average molecular weight is 373 g/mol. The lowest BCUT2D eigenvalue weighted by Gasteiger charge is -2.35. The molecular formula is C23H23N3O2. The highest BCUT2D eigenvalue weighted by Gasteiger charge is 2.26. The molecule has 2 amide bonds. The van der Waals surface area contributed by atoms with E-state index in [2.05, 4.69) is 35.3 Å². The van der Waals surface area contributed by atoms with Gasteiger partial charge in [0.05, 0.1) is 0 Å². The summed E-state index contributed by atoms with van der Waals surface area (Å²) < 4.78 is 0. The van der Waals surface area contributed by atoms with E-state index in [1.54, 1.807) is 4.90 Å². The van der Waals surface area contributed by atoms with Crippen LogP contribution in [0.1, 0.15) is 5.56 Å². The van der Waals surface area contributed by atoms with Crippen molar-refractivity contribution in [3.8, 4) is 0 Å². The summed E-state index contributed by atoms with van der Waals surface area (Å²) in [5.41, 5.74) is 3.01. The average Bonchev–Trinajstić information content (AvgIpc) is 2.73. The lowest BCUT2D eigenvalue weighted by atomic mass is 10.1. The molecule has 1 aliphatic rings. The van der Waals surface area contributed by atoms with Crippen LogP contribution in [0, 0.1) is 6.92 Å². The molecule has 1 saturated heterocycles. The number of benzene rings is 3. The van der Waals surface area contributed by atoms with Crippen LogP contribution in [0.3, 0.4) is 0 Å². The molecule has 142 valence electrons. The molecule has 0 aromatic heterocycles. The van der Waals surface area contributed by atoms with Crippen molar-refractivity contribution in [1.82, 2.24) is 4.90 Å². The first-order valence-electron chi connectivity index (χ1n) is 9.51. The van der Waals surface area contributed by atoms with E-state index < -0.39 is 11.8 Å². The van der Waals surface area contributed by atoms with Gasteiger partial charge < -0.3 is 15.1 Å². The SMILES string of the molecule is Cc1cccc(N2CCN(C(=O)C(=O)Nc3ccc4ccccc4c3)CC2)c1. The van der Waals surface area contributed by atoms with Crippen molar-refractivity contribution in [1.29, 1.82) is 0 Å². The van der Waals surface area contributed by atoms with Gasteiger partial charge in [0.1, 0.15) is 0 Å². The Morgan fingerprint density at radius 1 is 0.821 bits per heavy atom. The van der Waals surface area contributed by atoms with Crippen molar-refractivity contribution in [3.05, 3.63) is 72.3 Å². The standard InChI is InChI=1S/C23H23N3O2/c1-17-5-4-8-21(15-17)25-11-13-26(14-12-25)23(28)22(27)24-20-10-9-18-6-2-3-7-19(18)16-20/h2-10,15-16H,11-14H2,1H3,(H,24,27). The van der Waals surface area contributed by atoms with Gasteiger partial charge in [0, 0.05) is 37.6 Å². The van der Waals surface area contributed by atoms with Gasteiger partial charge in [-0.05, 0) is 47.5 Å². The van der Waals surface area contributed by atoms with Gasteiger partial charge in [-0.3, -0.25) is 9.59 Å². The number of piperazine rings is 1. The molecule has 5 nitrogen and oxygen atoms in total. The first-order valence-corrected chi connectivity index (χ1v) is 9.51. The molecule has 5 heteroatoms. The number of carbonyl (C=O) groups excluding carboxylic acids is 2. The smallest absolute Gasteiger partial charge is 0.313 e. The minimum atomic E-state index is -0.584. The molecule has 3 aromatic carbocycles. The normalized spacial score (nSPS) is 14.2. The van der Waals surface area contributed by atoms with Crippen LogP contribution in [0.15, 0.2) is 66.7 Å². The monoisotopic (exact) mass is 373 g/mol. The molecule has 0 atom stereocenters. The predicted molar refractivity (Wildman–Crippen MR) is 113 cm³/mol. The van der Waals surface area contributed by atoms with Gasteiger partial charge in [-0.25, -0.2) is 0 Å². The highest BCUT2D eigenvalue weighted by molar-refractivity contribution is 6.39. The van der Waals surface area contributed by atoms with E-state index in [9.17, 15) is 9.59 Å².